The van der Waals surface area contributed by atoms with Gasteiger partial charge in [-0.25, -0.2) is 17.2 Å². The number of carbonyl (C=O) groups is 1. The maximum absolute atomic E-state index is 14.1. The molecule has 0 rings (SSSR count). The molecule has 0 aliphatic heterocycles. The third-order valence-electron chi connectivity index (χ3n) is 5.25. The molecule has 0 atom stereocenters. The molecule has 0 aromatic carbocycles. The van der Waals surface area contributed by atoms with E-state index in [1.165, 1.54) is 0 Å². The van der Waals surface area contributed by atoms with Gasteiger partial charge >= 0.3 is 76.1 Å². The largest absolute Gasteiger partial charge is 1.00 e. The number of unbranched alkanes of at least 4 members (excludes halogenated alkanes) is 1. The number of alkyl halides is 14. The summed E-state index contributed by atoms with van der Waals surface area (Å²) >= 11 is 0. The van der Waals surface area contributed by atoms with Crippen LogP contribution in [0, 0.1) is 5.92 Å². The van der Waals surface area contributed by atoms with Crippen LogP contribution in [0.5, 0.6) is 0 Å². The average molecular weight is 639 g/mol. The summed E-state index contributed by atoms with van der Waals surface area (Å²) in [6.45, 7) is -0.479. The Morgan fingerprint density at radius 3 is 1.34 bits per heavy atom. The van der Waals surface area contributed by atoms with Gasteiger partial charge in [0, 0.05) is 19.4 Å². The molecule has 222 valence electrons. The Morgan fingerprint density at radius 1 is 0.737 bits per heavy atom. The van der Waals surface area contributed by atoms with Crippen molar-refractivity contribution in [2.75, 3.05) is 18.8 Å². The SMILES string of the molecule is CCN(CC(=O)[O-])S(=O)(=O)CCCCC(CC(F)(C(F)(F)F)C(F)(F)F)CC(F)(C(F)(F)F)C(F)(F)F.[K+]. The number of hydrogen-bond donors (Lipinski definition) is 0. The Hall–Kier alpha value is 0.0364. The Morgan fingerprint density at radius 2 is 1.08 bits per heavy atom. The van der Waals surface area contributed by atoms with Gasteiger partial charge in [-0.05, 0) is 12.3 Å². The standard InChI is InChI=1S/C17H21F14NO4S.K/c1-2-32(9-11(33)34)37(35,36)6-4-3-5-10(7-12(18,14(20,21)22)15(23,24)25)8-13(19,16(26,27)28)17(29,30)31;/h10H,2-9H2,1H3,(H,33,34);/q;+1/p-1. The van der Waals surface area contributed by atoms with Crippen molar-refractivity contribution in [3.63, 3.8) is 0 Å². The van der Waals surface area contributed by atoms with Crippen molar-refractivity contribution in [1.29, 1.82) is 0 Å². The summed E-state index contributed by atoms with van der Waals surface area (Å²) in [5.41, 5.74) is -12.6. The molecule has 21 heteroatoms. The van der Waals surface area contributed by atoms with Crippen molar-refractivity contribution >= 4 is 16.0 Å². The molecule has 0 aromatic rings. The number of aliphatic carboxylic acids is 1. The van der Waals surface area contributed by atoms with E-state index in [0.717, 1.165) is 6.92 Å². The fraction of sp³-hybridized carbons (Fsp3) is 0.941. The molecule has 0 N–H and O–H groups in total. The zero-order valence-electron chi connectivity index (χ0n) is 19.5. The van der Waals surface area contributed by atoms with Crippen LogP contribution in [0.4, 0.5) is 61.5 Å². The number of nitrogens with zero attached hydrogens (tertiary/aromatic N) is 1. The van der Waals surface area contributed by atoms with Crippen LogP contribution in [0.15, 0.2) is 0 Å². The molecule has 5 nitrogen and oxygen atoms in total. The summed E-state index contributed by atoms with van der Waals surface area (Å²) in [6, 6.07) is 0. The second-order valence-corrected chi connectivity index (χ2v) is 10.1. The first-order valence-corrected chi connectivity index (χ1v) is 11.6. The molecule has 0 saturated heterocycles. The van der Waals surface area contributed by atoms with Gasteiger partial charge in [0.2, 0.25) is 10.0 Å². The number of hydrogen-bond acceptors (Lipinski definition) is 4. The van der Waals surface area contributed by atoms with E-state index in [1.807, 2.05) is 0 Å². The molecule has 0 aromatic heterocycles. The van der Waals surface area contributed by atoms with Gasteiger partial charge in [0.25, 0.3) is 11.3 Å². The van der Waals surface area contributed by atoms with Crippen molar-refractivity contribution in [3.8, 4) is 0 Å². The zero-order valence-corrected chi connectivity index (χ0v) is 23.5. The Bertz CT molecular complexity index is 802. The van der Waals surface area contributed by atoms with Gasteiger partial charge in [0.05, 0.1) is 18.3 Å². The van der Waals surface area contributed by atoms with E-state index in [0.29, 0.717) is 4.31 Å². The molecule has 38 heavy (non-hydrogen) atoms. The predicted octanol–water partition coefficient (Wildman–Crippen LogP) is 1.62. The van der Waals surface area contributed by atoms with Crippen LogP contribution < -0.4 is 56.5 Å². The molecule has 0 fully saturated rings. The zero-order chi connectivity index (χ0) is 29.9. The quantitative estimate of drug-likeness (QED) is 0.175. The van der Waals surface area contributed by atoms with Gasteiger partial charge in [-0.2, -0.15) is 57.0 Å². The number of rotatable bonds is 13. The number of carboxylic acids is 1. The van der Waals surface area contributed by atoms with Crippen molar-refractivity contribution in [2.24, 2.45) is 5.92 Å². The Labute approximate surface area is 249 Å². The summed E-state index contributed by atoms with van der Waals surface area (Å²) in [6.07, 6.45) is -37.0. The molecular formula is C17H20F14KNO4S. The fourth-order valence-corrected chi connectivity index (χ4v) is 4.78. The minimum absolute atomic E-state index is 0. The fourth-order valence-electron chi connectivity index (χ4n) is 3.25. The van der Waals surface area contributed by atoms with Crippen LogP contribution in [-0.2, 0) is 14.8 Å². The third-order valence-corrected chi connectivity index (χ3v) is 7.23. The average Bonchev–Trinajstić information content (AvgIpc) is 2.65. The van der Waals surface area contributed by atoms with Gasteiger partial charge in [0.1, 0.15) is 0 Å². The maximum atomic E-state index is 14.1. The van der Waals surface area contributed by atoms with E-state index in [-0.39, 0.29) is 51.4 Å². The van der Waals surface area contributed by atoms with Gasteiger partial charge in [0.15, 0.2) is 0 Å². The molecule has 0 bridgehead atoms. The minimum atomic E-state index is -6.87. The van der Waals surface area contributed by atoms with Crippen LogP contribution >= 0.6 is 0 Å². The number of carboxylic acid groups (broad SMARTS) is 1. The third kappa shape index (κ3) is 10.1. The van der Waals surface area contributed by atoms with E-state index in [9.17, 15) is 79.8 Å². The normalized spacial score (nSPS) is 14.7. The van der Waals surface area contributed by atoms with Crippen molar-refractivity contribution in [1.82, 2.24) is 4.31 Å². The summed E-state index contributed by atoms with van der Waals surface area (Å²) in [5.74, 6) is -6.16. The number of likely N-dealkylation sites (N-methyl/N-ethyl adjacent to an activating group) is 1. The van der Waals surface area contributed by atoms with Crippen LogP contribution in [0.3, 0.4) is 0 Å². The number of sulfonamides is 1. The summed E-state index contributed by atoms with van der Waals surface area (Å²) < 4.78 is 207. The molecule has 0 spiro atoms. The topological polar surface area (TPSA) is 77.5 Å². The van der Waals surface area contributed by atoms with Gasteiger partial charge in [-0.1, -0.05) is 19.8 Å². The molecule has 0 aliphatic carbocycles. The van der Waals surface area contributed by atoms with Crippen LogP contribution in [-0.4, -0.2) is 73.6 Å². The Balaban J connectivity index is 0. The van der Waals surface area contributed by atoms with Crippen LogP contribution in [0.1, 0.15) is 39.0 Å². The van der Waals surface area contributed by atoms with E-state index in [4.69, 9.17) is 0 Å². The predicted molar refractivity (Wildman–Crippen MR) is 94.5 cm³/mol. The van der Waals surface area contributed by atoms with Gasteiger partial charge in [-0.3, -0.25) is 0 Å². The van der Waals surface area contributed by atoms with E-state index < -0.39 is 109 Å². The van der Waals surface area contributed by atoms with E-state index >= 15 is 0 Å². The second-order valence-electron chi connectivity index (χ2n) is 7.98. The molecule has 0 unspecified atom stereocenters. The van der Waals surface area contributed by atoms with E-state index in [1.54, 1.807) is 0 Å². The van der Waals surface area contributed by atoms with Crippen molar-refractivity contribution in [3.05, 3.63) is 0 Å². The van der Waals surface area contributed by atoms with Crippen LogP contribution in [0.25, 0.3) is 0 Å². The Kier molecular flexibility index (Phi) is 14.6. The number of carbonyl (C=O) groups excluding carboxylic acids is 1. The molecule has 0 saturated carbocycles. The smallest absolute Gasteiger partial charge is 0.549 e. The maximum Gasteiger partial charge on any atom is 1.00 e. The number of halogens is 14. The van der Waals surface area contributed by atoms with E-state index in [2.05, 4.69) is 0 Å². The summed E-state index contributed by atoms with van der Waals surface area (Å²) in [7, 11) is -4.48. The van der Waals surface area contributed by atoms with Gasteiger partial charge < -0.3 is 9.90 Å². The second kappa shape index (κ2) is 13.8. The first kappa shape index (κ1) is 40.2. The summed E-state index contributed by atoms with van der Waals surface area (Å²) in [4.78, 5) is 10.6. The first-order valence-electron chi connectivity index (χ1n) is 9.98. The van der Waals surface area contributed by atoms with Crippen LogP contribution in [0.2, 0.25) is 0 Å². The summed E-state index contributed by atoms with van der Waals surface area (Å²) in [5, 5.41) is 10.6. The molecule has 0 amide bonds. The van der Waals surface area contributed by atoms with Gasteiger partial charge in [-0.15, -0.1) is 0 Å². The molecule has 0 heterocycles. The monoisotopic (exact) mass is 639 g/mol. The van der Waals surface area contributed by atoms with Crippen molar-refractivity contribution < 1.29 is 131 Å². The minimum Gasteiger partial charge on any atom is -0.549 e. The molecule has 0 aliphatic rings. The van der Waals surface area contributed by atoms with Crippen molar-refractivity contribution in [2.45, 2.75) is 75.1 Å². The molecular weight excluding hydrogens is 619 g/mol. The molecule has 0 radical (unpaired) electrons. The first-order chi connectivity index (χ1) is 16.2.